The zero-order chi connectivity index (χ0) is 21.9. The number of hydrogen-bond acceptors (Lipinski definition) is 6. The molecule has 2 heterocycles. The largest absolute Gasteiger partial charge is 0.395 e. The lowest BCUT2D eigenvalue weighted by Crippen LogP contribution is -2.41. The Labute approximate surface area is 180 Å². The molecule has 0 aromatic carbocycles. The van der Waals surface area contributed by atoms with E-state index in [9.17, 15) is 18.0 Å². The molecule has 4 aliphatic rings. The molecule has 4 bridgehead atoms. The van der Waals surface area contributed by atoms with Crippen LogP contribution in [0.3, 0.4) is 0 Å². The number of aryl methyl sites for hydroxylation is 1. The maximum Gasteiger partial charge on any atom is 0.332 e. The van der Waals surface area contributed by atoms with Crippen LogP contribution in [0.1, 0.15) is 50.8 Å². The van der Waals surface area contributed by atoms with Gasteiger partial charge in [-0.1, -0.05) is 6.92 Å². The van der Waals surface area contributed by atoms with Crippen molar-refractivity contribution >= 4 is 21.0 Å². The Morgan fingerprint density at radius 1 is 1.06 bits per heavy atom. The number of aliphatic hydroxyl groups is 1. The topological polar surface area (TPSA) is 127 Å². The van der Waals surface area contributed by atoms with Crippen LogP contribution in [0.25, 0.3) is 11.2 Å². The Morgan fingerprint density at radius 2 is 1.84 bits per heavy atom. The molecule has 2 aromatic rings. The number of hydrogen-bond donors (Lipinski definition) is 2. The van der Waals surface area contributed by atoms with Gasteiger partial charge < -0.3 is 10.1 Å². The Balaban J connectivity index is 1.60. The number of aromatic nitrogens is 4. The van der Waals surface area contributed by atoms with Crippen molar-refractivity contribution in [1.29, 1.82) is 0 Å². The third-order valence-electron chi connectivity index (χ3n) is 7.73. The number of aliphatic hydroxyl groups excluding tert-OH is 1. The predicted molar refractivity (Wildman–Crippen MR) is 116 cm³/mol. The highest BCUT2D eigenvalue weighted by Crippen LogP contribution is 2.63. The van der Waals surface area contributed by atoms with E-state index in [1.165, 1.54) is 34.8 Å². The summed E-state index contributed by atoms with van der Waals surface area (Å²) in [6, 6.07) is 0. The molecule has 170 valence electrons. The Bertz CT molecular complexity index is 1220. The average molecular weight is 451 g/mol. The van der Waals surface area contributed by atoms with E-state index < -0.39 is 22.1 Å². The first kappa shape index (κ1) is 20.9. The summed E-state index contributed by atoms with van der Waals surface area (Å²) in [6.45, 7) is 1.61. The van der Waals surface area contributed by atoms with Crippen LogP contribution in [0.4, 0.5) is 0 Å². The summed E-state index contributed by atoms with van der Waals surface area (Å²) in [6.07, 6.45) is 5.56. The molecule has 5 atom stereocenters. The number of imidazole rings is 1. The normalized spacial score (nSPS) is 29.4. The Hall–Kier alpha value is -1.94. The van der Waals surface area contributed by atoms with E-state index in [2.05, 4.69) is 4.98 Å². The quantitative estimate of drug-likeness (QED) is 0.614. The maximum atomic E-state index is 13.1. The van der Waals surface area contributed by atoms with E-state index in [0.29, 0.717) is 23.8 Å². The summed E-state index contributed by atoms with van der Waals surface area (Å²) in [5.41, 5.74) is -0.359. The summed E-state index contributed by atoms with van der Waals surface area (Å²) in [4.78, 5) is 34.2. The van der Waals surface area contributed by atoms with Crippen molar-refractivity contribution in [2.45, 2.75) is 58.0 Å². The van der Waals surface area contributed by atoms with Crippen molar-refractivity contribution < 1.29 is 13.5 Å². The average Bonchev–Trinajstić information content (AvgIpc) is 3.33. The van der Waals surface area contributed by atoms with Gasteiger partial charge in [0.2, 0.25) is 0 Å². The zero-order valence-electron chi connectivity index (χ0n) is 17.8. The third-order valence-corrected chi connectivity index (χ3v) is 9.34. The van der Waals surface area contributed by atoms with Gasteiger partial charge in [-0.3, -0.25) is 13.9 Å². The second kappa shape index (κ2) is 7.58. The fourth-order valence-corrected chi connectivity index (χ4v) is 7.54. The number of rotatable bonds is 8. The molecule has 5 unspecified atom stereocenters. The lowest BCUT2D eigenvalue weighted by atomic mass is 9.75. The van der Waals surface area contributed by atoms with Gasteiger partial charge in [-0.05, 0) is 55.8 Å². The fourth-order valence-electron chi connectivity index (χ4n) is 6.60. The van der Waals surface area contributed by atoms with E-state index in [0.717, 1.165) is 17.7 Å². The molecular weight excluding hydrogens is 420 g/mol. The number of H-pyrrole nitrogens is 1. The van der Waals surface area contributed by atoms with Gasteiger partial charge in [-0.25, -0.2) is 18.2 Å². The smallest absolute Gasteiger partial charge is 0.332 e. The molecule has 0 spiro atoms. The number of sulfone groups is 1. The van der Waals surface area contributed by atoms with E-state index >= 15 is 0 Å². The van der Waals surface area contributed by atoms with Gasteiger partial charge in [0.25, 0.3) is 5.56 Å². The first-order valence-electron chi connectivity index (χ1n) is 11.4. The third kappa shape index (κ3) is 3.38. The van der Waals surface area contributed by atoms with Gasteiger partial charge in [0.05, 0.1) is 18.1 Å². The van der Waals surface area contributed by atoms with Gasteiger partial charge >= 0.3 is 5.69 Å². The molecule has 4 aliphatic carbocycles. The van der Waals surface area contributed by atoms with Crippen molar-refractivity contribution in [3.05, 3.63) is 26.7 Å². The van der Waals surface area contributed by atoms with E-state index in [1.807, 2.05) is 6.92 Å². The first-order valence-corrected chi connectivity index (χ1v) is 13.2. The van der Waals surface area contributed by atoms with Gasteiger partial charge in [0.15, 0.2) is 15.5 Å². The first-order chi connectivity index (χ1) is 14.8. The molecule has 9 nitrogen and oxygen atoms in total. The molecule has 4 saturated carbocycles. The summed E-state index contributed by atoms with van der Waals surface area (Å²) < 4.78 is 26.8. The van der Waals surface area contributed by atoms with Crippen LogP contribution in [0, 0.1) is 23.7 Å². The van der Waals surface area contributed by atoms with Crippen molar-refractivity contribution in [1.82, 2.24) is 19.1 Å². The number of nitrogens with zero attached hydrogens (tertiary/aromatic N) is 3. The standard InChI is InChI=1S/C21H30N4O5S/c1-2-3-25-20(27)17-19(24(21(25)28)4-6-31(29,30)7-5-26)23-18(22-17)16-14-9-12-8-13(11-14)15(16)10-12/h12-16,26H,2-11H2,1H3,(H,22,23). The van der Waals surface area contributed by atoms with Crippen molar-refractivity contribution in [3.63, 3.8) is 0 Å². The molecule has 0 radical (unpaired) electrons. The van der Waals surface area contributed by atoms with Crippen molar-refractivity contribution in [3.8, 4) is 0 Å². The number of nitrogens with one attached hydrogen (secondary N) is 1. The predicted octanol–water partition coefficient (Wildman–Crippen LogP) is 0.853. The molecule has 0 saturated heterocycles. The lowest BCUT2D eigenvalue weighted by molar-refractivity contribution is 0.244. The zero-order valence-corrected chi connectivity index (χ0v) is 18.6. The van der Waals surface area contributed by atoms with Crippen LogP contribution in [0.15, 0.2) is 9.59 Å². The van der Waals surface area contributed by atoms with Crippen LogP contribution >= 0.6 is 0 Å². The Kier molecular flexibility index (Phi) is 5.12. The molecule has 6 rings (SSSR count). The molecule has 0 amide bonds. The van der Waals surface area contributed by atoms with Crippen molar-refractivity contribution in [2.75, 3.05) is 18.1 Å². The Morgan fingerprint density at radius 3 is 2.55 bits per heavy atom. The monoisotopic (exact) mass is 450 g/mol. The fraction of sp³-hybridized carbons (Fsp3) is 0.762. The van der Waals surface area contributed by atoms with Crippen LogP contribution in [-0.2, 0) is 22.9 Å². The van der Waals surface area contributed by atoms with Crippen LogP contribution in [-0.4, -0.2) is 50.7 Å². The minimum atomic E-state index is -3.51. The van der Waals surface area contributed by atoms with Crippen LogP contribution in [0.5, 0.6) is 0 Å². The minimum Gasteiger partial charge on any atom is -0.395 e. The number of aromatic amines is 1. The van der Waals surface area contributed by atoms with Crippen molar-refractivity contribution in [2.24, 2.45) is 23.7 Å². The highest BCUT2D eigenvalue weighted by Gasteiger charge is 2.55. The lowest BCUT2D eigenvalue weighted by Gasteiger charge is -2.30. The summed E-state index contributed by atoms with van der Waals surface area (Å²) in [5.74, 6) is 3.17. The molecule has 10 heteroatoms. The number of fused-ring (bicyclic) bond motifs is 1. The maximum absolute atomic E-state index is 13.1. The van der Waals surface area contributed by atoms with Crippen LogP contribution < -0.4 is 11.2 Å². The molecule has 31 heavy (non-hydrogen) atoms. The van der Waals surface area contributed by atoms with Gasteiger partial charge in [0, 0.05) is 19.0 Å². The molecule has 4 fully saturated rings. The minimum absolute atomic E-state index is 0.0891. The summed E-state index contributed by atoms with van der Waals surface area (Å²) in [7, 11) is -3.51. The second-order valence-electron chi connectivity index (χ2n) is 9.61. The second-order valence-corrected chi connectivity index (χ2v) is 11.9. The molecule has 2 N–H and O–H groups in total. The summed E-state index contributed by atoms with van der Waals surface area (Å²) in [5, 5.41) is 8.99. The van der Waals surface area contributed by atoms with Gasteiger partial charge in [-0.15, -0.1) is 0 Å². The van der Waals surface area contributed by atoms with Crippen LogP contribution in [0.2, 0.25) is 0 Å². The molecular formula is C21H30N4O5S. The highest BCUT2D eigenvalue weighted by atomic mass is 32.2. The highest BCUT2D eigenvalue weighted by molar-refractivity contribution is 7.91. The molecule has 0 aliphatic heterocycles. The molecule has 2 aromatic heterocycles. The van der Waals surface area contributed by atoms with Gasteiger partial charge in [0.1, 0.15) is 11.3 Å². The SMILES string of the molecule is CCCn1c(=O)c2[nH]c(C3C4CC5CC(C4)C3C5)nc2n(CCS(=O)(=O)CCO)c1=O. The van der Waals surface area contributed by atoms with E-state index in [1.54, 1.807) is 0 Å². The van der Waals surface area contributed by atoms with Gasteiger partial charge in [-0.2, -0.15) is 0 Å². The van der Waals surface area contributed by atoms with E-state index in [-0.39, 0.29) is 41.7 Å². The summed E-state index contributed by atoms with van der Waals surface area (Å²) >= 11 is 0. The van der Waals surface area contributed by atoms with E-state index in [4.69, 9.17) is 10.1 Å².